The lowest BCUT2D eigenvalue weighted by atomic mass is 10.2. The topological polar surface area (TPSA) is 80.9 Å². The van der Waals surface area contributed by atoms with E-state index >= 15 is 0 Å². The van der Waals surface area contributed by atoms with Gasteiger partial charge < -0.3 is 11.1 Å². The number of nitrogen functional groups attached to an aromatic ring is 1. The predicted octanol–water partition coefficient (Wildman–Crippen LogP) is 2.91. The van der Waals surface area contributed by atoms with E-state index in [1.807, 2.05) is 19.9 Å². The van der Waals surface area contributed by atoms with Crippen LogP contribution in [0.2, 0.25) is 5.02 Å². The quantitative estimate of drug-likeness (QED) is 0.910. The number of anilines is 1. The van der Waals surface area contributed by atoms with Gasteiger partial charge in [0.2, 0.25) is 0 Å². The molecule has 0 spiro atoms. The zero-order valence-electron chi connectivity index (χ0n) is 11.9. The average molecular weight is 305 g/mol. The van der Waals surface area contributed by atoms with Crippen LogP contribution in [0.5, 0.6) is 0 Å². The molecule has 1 atom stereocenters. The molecule has 3 N–H and O–H groups in total. The van der Waals surface area contributed by atoms with Gasteiger partial charge in [0.1, 0.15) is 5.82 Å². The molecule has 1 amide bonds. The number of nitrogens with two attached hydrogens (primary N) is 1. The fraction of sp³-hybridized carbons (Fsp3) is 0.267. The summed E-state index contributed by atoms with van der Waals surface area (Å²) >= 11 is 5.94. The number of carbonyl (C=O) groups is 1. The summed E-state index contributed by atoms with van der Waals surface area (Å²) < 4.78 is 0. The molecule has 1 heterocycles. The molecule has 1 unspecified atom stereocenters. The fourth-order valence-electron chi connectivity index (χ4n) is 1.74. The third-order valence-electron chi connectivity index (χ3n) is 3.14. The molecule has 0 aliphatic rings. The lowest BCUT2D eigenvalue weighted by molar-refractivity contribution is 0.0939. The van der Waals surface area contributed by atoms with E-state index in [0.29, 0.717) is 10.8 Å². The molecule has 0 saturated carbocycles. The number of rotatable bonds is 4. The summed E-state index contributed by atoms with van der Waals surface area (Å²) in [6.45, 7) is 3.92. The lowest BCUT2D eigenvalue weighted by Gasteiger charge is -2.12. The summed E-state index contributed by atoms with van der Waals surface area (Å²) in [5.74, 6) is 0.329. The van der Waals surface area contributed by atoms with Crippen molar-refractivity contribution in [2.24, 2.45) is 0 Å². The maximum absolute atomic E-state index is 12.0. The van der Waals surface area contributed by atoms with E-state index in [2.05, 4.69) is 15.3 Å². The second kappa shape index (κ2) is 6.54. The van der Waals surface area contributed by atoms with E-state index in [0.717, 1.165) is 12.0 Å². The molecule has 110 valence electrons. The van der Waals surface area contributed by atoms with Crippen molar-refractivity contribution in [1.29, 1.82) is 0 Å². The number of carbonyl (C=O) groups excluding carboxylic acids is 1. The average Bonchev–Trinajstić information content (AvgIpc) is 2.46. The molecule has 21 heavy (non-hydrogen) atoms. The van der Waals surface area contributed by atoms with Crippen molar-refractivity contribution in [2.45, 2.75) is 26.3 Å². The number of hydrogen-bond acceptors (Lipinski definition) is 4. The molecule has 0 aliphatic heterocycles. The van der Waals surface area contributed by atoms with Gasteiger partial charge in [-0.3, -0.25) is 4.79 Å². The van der Waals surface area contributed by atoms with Crippen molar-refractivity contribution >= 4 is 23.3 Å². The standard InChI is InChI=1S/C15H17ClN4O/c1-3-9(2)19-15(21)12-8-18-14(20-13(12)17)10-5-4-6-11(16)7-10/h4-9H,3H2,1-2H3,(H,19,21)(H2,17,18,20). The minimum atomic E-state index is -0.264. The van der Waals surface area contributed by atoms with Crippen LogP contribution in [-0.4, -0.2) is 21.9 Å². The predicted molar refractivity (Wildman–Crippen MR) is 84.1 cm³/mol. The molecule has 0 bridgehead atoms. The number of nitrogens with zero attached hydrogens (tertiary/aromatic N) is 2. The molecule has 0 fully saturated rings. The van der Waals surface area contributed by atoms with Gasteiger partial charge in [-0.1, -0.05) is 30.7 Å². The Morgan fingerprint density at radius 1 is 1.48 bits per heavy atom. The SMILES string of the molecule is CCC(C)NC(=O)c1cnc(-c2cccc(Cl)c2)nc1N. The number of amides is 1. The van der Waals surface area contributed by atoms with E-state index in [1.165, 1.54) is 6.20 Å². The van der Waals surface area contributed by atoms with Crippen LogP contribution in [0.4, 0.5) is 5.82 Å². The number of benzene rings is 1. The smallest absolute Gasteiger partial charge is 0.256 e. The first kappa shape index (κ1) is 15.3. The minimum absolute atomic E-state index is 0.0736. The van der Waals surface area contributed by atoms with Crippen LogP contribution in [0.3, 0.4) is 0 Å². The van der Waals surface area contributed by atoms with E-state index in [9.17, 15) is 4.79 Å². The Bertz CT molecular complexity index is 660. The van der Waals surface area contributed by atoms with Crippen LogP contribution in [0.1, 0.15) is 30.6 Å². The molecule has 0 saturated heterocycles. The van der Waals surface area contributed by atoms with Crippen LogP contribution >= 0.6 is 11.6 Å². The molecular formula is C15H17ClN4O. The van der Waals surface area contributed by atoms with Gasteiger partial charge >= 0.3 is 0 Å². The van der Waals surface area contributed by atoms with E-state index < -0.39 is 0 Å². The zero-order valence-corrected chi connectivity index (χ0v) is 12.7. The first-order chi connectivity index (χ1) is 10.0. The Morgan fingerprint density at radius 2 is 2.24 bits per heavy atom. The van der Waals surface area contributed by atoms with Crippen molar-refractivity contribution in [3.8, 4) is 11.4 Å². The van der Waals surface area contributed by atoms with Crippen LogP contribution in [0, 0.1) is 0 Å². The minimum Gasteiger partial charge on any atom is -0.383 e. The van der Waals surface area contributed by atoms with Crippen LogP contribution in [0.25, 0.3) is 11.4 Å². The summed E-state index contributed by atoms with van der Waals surface area (Å²) in [5, 5.41) is 3.43. The number of halogens is 1. The van der Waals surface area contributed by atoms with E-state index in [-0.39, 0.29) is 23.3 Å². The van der Waals surface area contributed by atoms with Gasteiger partial charge in [-0.15, -0.1) is 0 Å². The Hall–Kier alpha value is -2.14. The van der Waals surface area contributed by atoms with E-state index in [4.69, 9.17) is 17.3 Å². The molecule has 0 aliphatic carbocycles. The van der Waals surface area contributed by atoms with E-state index in [1.54, 1.807) is 18.2 Å². The second-order valence-electron chi connectivity index (χ2n) is 4.79. The lowest BCUT2D eigenvalue weighted by Crippen LogP contribution is -2.32. The van der Waals surface area contributed by atoms with Gasteiger partial charge in [0.15, 0.2) is 5.82 Å². The molecule has 5 nitrogen and oxygen atoms in total. The number of nitrogens with one attached hydrogen (secondary N) is 1. The maximum atomic E-state index is 12.0. The molecular weight excluding hydrogens is 288 g/mol. The highest BCUT2D eigenvalue weighted by atomic mass is 35.5. The number of hydrogen-bond donors (Lipinski definition) is 2. The Morgan fingerprint density at radius 3 is 2.86 bits per heavy atom. The zero-order chi connectivity index (χ0) is 15.4. The normalized spacial score (nSPS) is 12.0. The highest BCUT2D eigenvalue weighted by Crippen LogP contribution is 2.21. The Labute approximate surface area is 128 Å². The van der Waals surface area contributed by atoms with Crippen molar-refractivity contribution in [2.75, 3.05) is 5.73 Å². The third-order valence-corrected chi connectivity index (χ3v) is 3.37. The monoisotopic (exact) mass is 304 g/mol. The van der Waals surface area contributed by atoms with Crippen molar-refractivity contribution in [3.05, 3.63) is 41.0 Å². The van der Waals surface area contributed by atoms with Crippen LogP contribution in [0.15, 0.2) is 30.5 Å². The summed E-state index contributed by atoms with van der Waals surface area (Å²) in [6, 6.07) is 7.22. The summed E-state index contributed by atoms with van der Waals surface area (Å²) in [5.41, 5.74) is 6.90. The summed E-state index contributed by atoms with van der Waals surface area (Å²) in [7, 11) is 0. The Kier molecular flexibility index (Phi) is 4.75. The van der Waals surface area contributed by atoms with Crippen LogP contribution < -0.4 is 11.1 Å². The Balaban J connectivity index is 2.27. The largest absolute Gasteiger partial charge is 0.383 e. The first-order valence-electron chi connectivity index (χ1n) is 6.70. The third kappa shape index (κ3) is 3.70. The number of aromatic nitrogens is 2. The van der Waals surface area contributed by atoms with Gasteiger partial charge in [0.25, 0.3) is 5.91 Å². The van der Waals surface area contributed by atoms with Gasteiger partial charge in [-0.2, -0.15) is 0 Å². The van der Waals surface area contributed by atoms with Crippen LogP contribution in [-0.2, 0) is 0 Å². The molecule has 2 aromatic rings. The molecule has 2 rings (SSSR count). The highest BCUT2D eigenvalue weighted by Gasteiger charge is 2.14. The molecule has 1 aromatic heterocycles. The van der Waals surface area contributed by atoms with Crippen molar-refractivity contribution in [3.63, 3.8) is 0 Å². The fourth-order valence-corrected chi connectivity index (χ4v) is 1.93. The second-order valence-corrected chi connectivity index (χ2v) is 5.22. The first-order valence-corrected chi connectivity index (χ1v) is 7.08. The maximum Gasteiger partial charge on any atom is 0.256 e. The molecule has 0 radical (unpaired) electrons. The van der Waals surface area contributed by atoms with Crippen molar-refractivity contribution < 1.29 is 4.79 Å². The summed E-state index contributed by atoms with van der Waals surface area (Å²) in [6.07, 6.45) is 2.28. The highest BCUT2D eigenvalue weighted by molar-refractivity contribution is 6.30. The summed E-state index contributed by atoms with van der Waals surface area (Å²) in [4.78, 5) is 20.4. The van der Waals surface area contributed by atoms with Gasteiger partial charge in [0, 0.05) is 22.8 Å². The molecule has 6 heteroatoms. The van der Waals surface area contributed by atoms with Gasteiger partial charge in [-0.05, 0) is 25.5 Å². The van der Waals surface area contributed by atoms with Crippen molar-refractivity contribution in [1.82, 2.24) is 15.3 Å². The van der Waals surface area contributed by atoms with Gasteiger partial charge in [0.05, 0.1) is 5.56 Å². The molecule has 1 aromatic carbocycles. The van der Waals surface area contributed by atoms with Gasteiger partial charge in [-0.25, -0.2) is 9.97 Å².